The fourth-order valence-corrected chi connectivity index (χ4v) is 2.16. The summed E-state index contributed by atoms with van der Waals surface area (Å²) in [5.74, 6) is -2.69. The molecule has 1 aromatic heterocycles. The second-order valence-corrected chi connectivity index (χ2v) is 4.96. The van der Waals surface area contributed by atoms with Crippen LogP contribution >= 0.6 is 11.3 Å². The van der Waals surface area contributed by atoms with Gasteiger partial charge in [-0.25, -0.2) is 14.6 Å². The zero-order valence-electron chi connectivity index (χ0n) is 10.8. The molecule has 0 aliphatic carbocycles. The van der Waals surface area contributed by atoms with Gasteiger partial charge in [-0.2, -0.15) is 0 Å². The van der Waals surface area contributed by atoms with Gasteiger partial charge in [0.05, 0.1) is 11.4 Å². The SMILES string of the molecule is Cc1csc(CCNC(=O)N[C@@H](CC(=O)O)C(=O)O)n1. The fourth-order valence-electron chi connectivity index (χ4n) is 1.38. The maximum atomic E-state index is 11.4. The molecule has 0 fully saturated rings. The average Bonchev–Trinajstić information content (AvgIpc) is 2.73. The predicted octanol–water partition coefficient (Wildman–Crippen LogP) is 0.221. The van der Waals surface area contributed by atoms with Crippen LogP contribution in [-0.2, 0) is 16.0 Å². The number of carbonyl (C=O) groups excluding carboxylic acids is 1. The first-order valence-electron chi connectivity index (χ1n) is 5.78. The molecule has 20 heavy (non-hydrogen) atoms. The Morgan fingerprint density at radius 3 is 2.60 bits per heavy atom. The Kier molecular flexibility index (Phi) is 5.91. The monoisotopic (exact) mass is 301 g/mol. The molecule has 0 aliphatic heterocycles. The first-order chi connectivity index (χ1) is 9.38. The highest BCUT2D eigenvalue weighted by Crippen LogP contribution is 2.08. The molecule has 1 heterocycles. The van der Waals surface area contributed by atoms with Crippen molar-refractivity contribution in [1.29, 1.82) is 0 Å². The lowest BCUT2D eigenvalue weighted by Gasteiger charge is -2.12. The fraction of sp³-hybridized carbons (Fsp3) is 0.455. The van der Waals surface area contributed by atoms with Gasteiger partial charge in [0.2, 0.25) is 0 Å². The van der Waals surface area contributed by atoms with Crippen LogP contribution in [0.4, 0.5) is 4.79 Å². The van der Waals surface area contributed by atoms with E-state index in [4.69, 9.17) is 10.2 Å². The lowest BCUT2D eigenvalue weighted by atomic mass is 10.2. The van der Waals surface area contributed by atoms with Gasteiger partial charge in [0.25, 0.3) is 0 Å². The molecule has 0 saturated heterocycles. The number of aliphatic carboxylic acids is 2. The predicted molar refractivity (Wildman–Crippen MR) is 70.8 cm³/mol. The number of amides is 2. The highest BCUT2D eigenvalue weighted by Gasteiger charge is 2.22. The maximum absolute atomic E-state index is 11.4. The molecule has 0 unspecified atom stereocenters. The summed E-state index contributed by atoms with van der Waals surface area (Å²) < 4.78 is 0. The minimum absolute atomic E-state index is 0.290. The van der Waals surface area contributed by atoms with E-state index in [1.54, 1.807) is 0 Å². The Hall–Kier alpha value is -2.16. The number of hydrogen-bond donors (Lipinski definition) is 4. The number of hydrogen-bond acceptors (Lipinski definition) is 5. The van der Waals surface area contributed by atoms with E-state index in [0.717, 1.165) is 10.7 Å². The van der Waals surface area contributed by atoms with Crippen molar-refractivity contribution in [2.45, 2.75) is 25.8 Å². The molecule has 1 rings (SSSR count). The summed E-state index contributed by atoms with van der Waals surface area (Å²) in [6, 6.07) is -2.17. The Labute approximate surface area is 118 Å². The molecule has 8 nitrogen and oxygen atoms in total. The van der Waals surface area contributed by atoms with Gasteiger partial charge in [-0.1, -0.05) is 0 Å². The topological polar surface area (TPSA) is 129 Å². The minimum atomic E-state index is -1.45. The van der Waals surface area contributed by atoms with E-state index in [0.29, 0.717) is 6.42 Å². The van der Waals surface area contributed by atoms with Crippen LogP contribution in [0.5, 0.6) is 0 Å². The highest BCUT2D eigenvalue weighted by atomic mass is 32.1. The Balaban J connectivity index is 2.34. The molecule has 1 atom stereocenters. The quantitative estimate of drug-likeness (QED) is 0.570. The molecule has 0 aromatic carbocycles. The summed E-state index contributed by atoms with van der Waals surface area (Å²) in [6.45, 7) is 2.15. The Bertz CT molecular complexity index is 502. The summed E-state index contributed by atoms with van der Waals surface area (Å²) in [5.41, 5.74) is 0.904. The molecule has 0 bridgehead atoms. The van der Waals surface area contributed by atoms with E-state index in [1.165, 1.54) is 11.3 Å². The number of nitrogens with zero attached hydrogens (tertiary/aromatic N) is 1. The first kappa shape index (κ1) is 15.9. The molecular formula is C11H15N3O5S. The van der Waals surface area contributed by atoms with Crippen molar-refractivity contribution in [3.63, 3.8) is 0 Å². The number of urea groups is 1. The van der Waals surface area contributed by atoms with Crippen LogP contribution in [0.1, 0.15) is 17.1 Å². The van der Waals surface area contributed by atoms with Gasteiger partial charge in [-0.05, 0) is 6.92 Å². The number of aryl methyl sites for hydroxylation is 1. The zero-order chi connectivity index (χ0) is 15.1. The van der Waals surface area contributed by atoms with Crippen molar-refractivity contribution in [2.75, 3.05) is 6.54 Å². The van der Waals surface area contributed by atoms with Gasteiger partial charge < -0.3 is 20.8 Å². The van der Waals surface area contributed by atoms with Crippen molar-refractivity contribution >= 4 is 29.3 Å². The van der Waals surface area contributed by atoms with E-state index in [1.807, 2.05) is 12.3 Å². The summed E-state index contributed by atoms with van der Waals surface area (Å²) in [4.78, 5) is 36.9. The zero-order valence-corrected chi connectivity index (χ0v) is 11.6. The number of aromatic nitrogens is 1. The van der Waals surface area contributed by atoms with E-state index in [2.05, 4.69) is 15.6 Å². The number of carboxylic acid groups (broad SMARTS) is 2. The van der Waals surface area contributed by atoms with Crippen molar-refractivity contribution in [3.05, 3.63) is 16.1 Å². The van der Waals surface area contributed by atoms with Crippen molar-refractivity contribution in [3.8, 4) is 0 Å². The Morgan fingerprint density at radius 1 is 1.40 bits per heavy atom. The van der Waals surface area contributed by atoms with Crippen LogP contribution in [0.3, 0.4) is 0 Å². The second-order valence-electron chi connectivity index (χ2n) is 4.02. The van der Waals surface area contributed by atoms with Gasteiger partial charge in [0.15, 0.2) is 0 Å². The molecule has 9 heteroatoms. The number of carbonyl (C=O) groups is 3. The van der Waals surface area contributed by atoms with Gasteiger partial charge in [0.1, 0.15) is 6.04 Å². The van der Waals surface area contributed by atoms with Gasteiger partial charge >= 0.3 is 18.0 Å². The summed E-state index contributed by atoms with van der Waals surface area (Å²) >= 11 is 1.47. The summed E-state index contributed by atoms with van der Waals surface area (Å²) in [5, 5.41) is 24.6. The third kappa shape index (κ3) is 5.65. The molecule has 1 aromatic rings. The van der Waals surface area contributed by atoms with Gasteiger partial charge in [-0.15, -0.1) is 11.3 Å². The maximum Gasteiger partial charge on any atom is 0.326 e. The third-order valence-corrected chi connectivity index (χ3v) is 3.30. The van der Waals surface area contributed by atoms with Crippen molar-refractivity contribution in [1.82, 2.24) is 15.6 Å². The number of nitrogens with one attached hydrogen (secondary N) is 2. The minimum Gasteiger partial charge on any atom is -0.481 e. The van der Waals surface area contributed by atoms with Crippen molar-refractivity contribution in [2.24, 2.45) is 0 Å². The lowest BCUT2D eigenvalue weighted by Crippen LogP contribution is -2.47. The van der Waals surface area contributed by atoms with Crippen LogP contribution < -0.4 is 10.6 Å². The normalized spacial score (nSPS) is 11.7. The van der Waals surface area contributed by atoms with Crippen LogP contribution in [-0.4, -0.2) is 45.8 Å². The third-order valence-electron chi connectivity index (χ3n) is 2.27. The van der Waals surface area contributed by atoms with E-state index in [9.17, 15) is 14.4 Å². The molecule has 4 N–H and O–H groups in total. The number of thiazole rings is 1. The molecule has 0 radical (unpaired) electrons. The molecular weight excluding hydrogens is 286 g/mol. The molecule has 0 spiro atoms. The van der Waals surface area contributed by atoms with E-state index < -0.39 is 30.4 Å². The summed E-state index contributed by atoms with van der Waals surface area (Å²) in [6.07, 6.45) is -0.142. The molecule has 2 amide bonds. The number of carboxylic acids is 2. The largest absolute Gasteiger partial charge is 0.481 e. The Morgan fingerprint density at radius 2 is 2.10 bits per heavy atom. The molecule has 0 saturated carbocycles. The molecule has 110 valence electrons. The number of rotatable bonds is 7. The average molecular weight is 301 g/mol. The van der Waals surface area contributed by atoms with Crippen LogP contribution in [0.2, 0.25) is 0 Å². The van der Waals surface area contributed by atoms with Gasteiger partial charge in [0, 0.05) is 24.0 Å². The molecule has 0 aliphatic rings. The highest BCUT2D eigenvalue weighted by molar-refractivity contribution is 7.09. The van der Waals surface area contributed by atoms with Crippen LogP contribution in [0.25, 0.3) is 0 Å². The second kappa shape index (κ2) is 7.43. The van der Waals surface area contributed by atoms with Gasteiger partial charge in [-0.3, -0.25) is 4.79 Å². The van der Waals surface area contributed by atoms with E-state index in [-0.39, 0.29) is 6.54 Å². The standard InChI is InChI=1S/C11H15N3O5S/c1-6-5-20-8(13-6)2-3-12-11(19)14-7(10(17)18)4-9(15)16/h5,7H,2-4H2,1H3,(H,15,16)(H,17,18)(H2,12,14,19)/t7-/m0/s1. The lowest BCUT2D eigenvalue weighted by molar-refractivity contribution is -0.145. The summed E-state index contributed by atoms with van der Waals surface area (Å²) in [7, 11) is 0. The van der Waals surface area contributed by atoms with Crippen LogP contribution in [0.15, 0.2) is 5.38 Å². The van der Waals surface area contributed by atoms with Crippen LogP contribution in [0, 0.1) is 6.92 Å². The van der Waals surface area contributed by atoms with E-state index >= 15 is 0 Å². The smallest absolute Gasteiger partial charge is 0.326 e. The van der Waals surface area contributed by atoms with Crippen molar-refractivity contribution < 1.29 is 24.6 Å². The first-order valence-corrected chi connectivity index (χ1v) is 6.66.